The summed E-state index contributed by atoms with van der Waals surface area (Å²) in [6.45, 7) is 4.58. The molecule has 122 valence electrons. The van der Waals surface area contributed by atoms with Crippen LogP contribution in [0.1, 0.15) is 19.8 Å². The molecule has 0 N–H and O–H groups in total. The topological polar surface area (TPSA) is 42.0 Å². The maximum absolute atomic E-state index is 12.7. The average Bonchev–Trinajstić information content (AvgIpc) is 2.65. The van der Waals surface area contributed by atoms with Gasteiger partial charge in [0.15, 0.2) is 0 Å². The van der Waals surface area contributed by atoms with Gasteiger partial charge in [-0.05, 0) is 25.5 Å². The molecule has 0 bridgehead atoms. The van der Waals surface area contributed by atoms with Crippen LogP contribution in [0, 0.1) is 0 Å². The van der Waals surface area contributed by atoms with Gasteiger partial charge in [-0.15, -0.1) is 0 Å². The number of amides is 1. The van der Waals surface area contributed by atoms with Gasteiger partial charge in [-0.3, -0.25) is 4.79 Å². The van der Waals surface area contributed by atoms with E-state index in [4.69, 9.17) is 9.47 Å². The van der Waals surface area contributed by atoms with Gasteiger partial charge in [-0.1, -0.05) is 12.1 Å². The van der Waals surface area contributed by atoms with Gasteiger partial charge in [0, 0.05) is 26.7 Å². The summed E-state index contributed by atoms with van der Waals surface area (Å²) < 4.78 is 10.4. The molecule has 5 nitrogen and oxygen atoms in total. The molecule has 0 fully saturated rings. The summed E-state index contributed by atoms with van der Waals surface area (Å²) in [5.74, 6) is 0.118. The molecule has 0 saturated heterocycles. The van der Waals surface area contributed by atoms with Gasteiger partial charge in [0.05, 0.1) is 37.6 Å². The number of para-hydroxylation sites is 2. The number of hydrogen-bond acceptors (Lipinski definition) is 4. The maximum Gasteiger partial charge on any atom is 0.229 e. The lowest BCUT2D eigenvalue weighted by Gasteiger charge is -2.28. The molecule has 0 unspecified atom stereocenters. The minimum atomic E-state index is 0.118. The van der Waals surface area contributed by atoms with Gasteiger partial charge in [0.1, 0.15) is 0 Å². The Morgan fingerprint density at radius 1 is 1.23 bits per heavy atom. The Balaban J connectivity index is 2.07. The van der Waals surface area contributed by atoms with Crippen molar-refractivity contribution in [3.05, 3.63) is 24.3 Å². The van der Waals surface area contributed by atoms with Gasteiger partial charge in [0.25, 0.3) is 0 Å². The largest absolute Gasteiger partial charge is 0.382 e. The molecule has 0 aliphatic carbocycles. The molecular formula is C17H26N2O3. The van der Waals surface area contributed by atoms with Gasteiger partial charge in [-0.25, -0.2) is 0 Å². The fraction of sp³-hybridized carbons (Fsp3) is 0.588. The van der Waals surface area contributed by atoms with E-state index in [1.54, 1.807) is 7.11 Å². The van der Waals surface area contributed by atoms with Crippen LogP contribution in [0.15, 0.2) is 24.3 Å². The molecule has 1 aromatic carbocycles. The highest BCUT2D eigenvalue weighted by molar-refractivity contribution is 5.97. The number of nitrogens with zero attached hydrogens (tertiary/aromatic N) is 2. The first-order valence-electron chi connectivity index (χ1n) is 7.84. The van der Waals surface area contributed by atoms with E-state index >= 15 is 0 Å². The van der Waals surface area contributed by atoms with Crippen molar-refractivity contribution in [3.8, 4) is 0 Å². The Hall–Kier alpha value is -1.59. The lowest BCUT2D eigenvalue weighted by molar-refractivity contribution is -0.120. The van der Waals surface area contributed by atoms with Crippen LogP contribution in [0.3, 0.4) is 0 Å². The quantitative estimate of drug-likeness (QED) is 0.756. The third-order valence-corrected chi connectivity index (χ3v) is 4.04. The summed E-state index contributed by atoms with van der Waals surface area (Å²) in [4.78, 5) is 16.8. The molecule has 1 atom stereocenters. The molecule has 1 aromatic rings. The lowest BCUT2D eigenvalue weighted by Crippen LogP contribution is -2.39. The van der Waals surface area contributed by atoms with Crippen LogP contribution in [0.5, 0.6) is 0 Å². The highest BCUT2D eigenvalue weighted by atomic mass is 16.5. The van der Waals surface area contributed by atoms with Crippen LogP contribution in [0.2, 0.25) is 0 Å². The fourth-order valence-electron chi connectivity index (χ4n) is 2.76. The molecule has 5 heteroatoms. The predicted octanol–water partition coefficient (Wildman–Crippen LogP) is 2.30. The Bertz CT molecular complexity index is 493. The van der Waals surface area contributed by atoms with Gasteiger partial charge < -0.3 is 19.3 Å². The van der Waals surface area contributed by atoms with Crippen molar-refractivity contribution in [1.82, 2.24) is 0 Å². The van der Waals surface area contributed by atoms with Crippen molar-refractivity contribution in [2.75, 3.05) is 50.3 Å². The van der Waals surface area contributed by atoms with Gasteiger partial charge in [0.2, 0.25) is 5.91 Å². The summed E-state index contributed by atoms with van der Waals surface area (Å²) in [6, 6.07) is 8.29. The number of fused-ring (bicyclic) bond motifs is 1. The number of benzene rings is 1. The summed E-state index contributed by atoms with van der Waals surface area (Å²) in [6.07, 6.45) is 1.35. The van der Waals surface area contributed by atoms with Crippen molar-refractivity contribution in [1.29, 1.82) is 0 Å². The first-order chi connectivity index (χ1) is 10.6. The van der Waals surface area contributed by atoms with Crippen LogP contribution in [0.25, 0.3) is 0 Å². The molecule has 2 rings (SSSR count). The van der Waals surface area contributed by atoms with Crippen molar-refractivity contribution < 1.29 is 14.3 Å². The third-order valence-electron chi connectivity index (χ3n) is 4.04. The zero-order chi connectivity index (χ0) is 15.9. The van der Waals surface area contributed by atoms with E-state index in [0.29, 0.717) is 26.2 Å². The molecule has 0 spiro atoms. The molecule has 0 saturated carbocycles. The number of methoxy groups -OCH3 is 1. The fourth-order valence-corrected chi connectivity index (χ4v) is 2.76. The highest BCUT2D eigenvalue weighted by Crippen LogP contribution is 2.33. The molecular weight excluding hydrogens is 280 g/mol. The first kappa shape index (κ1) is 16.8. The molecule has 1 heterocycles. The number of rotatable bonds is 6. The van der Waals surface area contributed by atoms with E-state index in [0.717, 1.165) is 24.3 Å². The van der Waals surface area contributed by atoms with E-state index in [2.05, 4.69) is 24.9 Å². The van der Waals surface area contributed by atoms with Crippen LogP contribution < -0.4 is 9.80 Å². The minimum absolute atomic E-state index is 0.118. The van der Waals surface area contributed by atoms with Crippen LogP contribution in [-0.4, -0.2) is 52.5 Å². The minimum Gasteiger partial charge on any atom is -0.382 e. The molecule has 1 aliphatic heterocycles. The summed E-state index contributed by atoms with van der Waals surface area (Å²) in [5.41, 5.74) is 2.11. The van der Waals surface area contributed by atoms with E-state index in [-0.39, 0.29) is 11.9 Å². The standard InChI is InChI=1S/C17H26N2O3/c1-14-8-10-18(2)15-6-4-5-7-16(15)19(14)17(20)9-11-22-13-12-21-3/h4-7,14H,8-13H2,1-3H3/t14-/m0/s1. The number of hydrogen-bond donors (Lipinski definition) is 0. The van der Waals surface area contributed by atoms with Gasteiger partial charge in [-0.2, -0.15) is 0 Å². The second-order valence-corrected chi connectivity index (χ2v) is 5.67. The summed E-state index contributed by atoms with van der Waals surface area (Å²) in [7, 11) is 3.72. The number of anilines is 2. The van der Waals surface area contributed by atoms with Crippen LogP contribution in [0.4, 0.5) is 11.4 Å². The van der Waals surface area contributed by atoms with Crippen LogP contribution in [-0.2, 0) is 14.3 Å². The maximum atomic E-state index is 12.7. The Morgan fingerprint density at radius 3 is 2.68 bits per heavy atom. The molecule has 0 aromatic heterocycles. The molecule has 0 radical (unpaired) electrons. The number of carbonyl (C=O) groups excluding carboxylic acids is 1. The number of ether oxygens (including phenoxy) is 2. The molecule has 1 aliphatic rings. The van der Waals surface area contributed by atoms with Crippen molar-refractivity contribution >= 4 is 17.3 Å². The first-order valence-corrected chi connectivity index (χ1v) is 7.84. The van der Waals surface area contributed by atoms with Crippen molar-refractivity contribution in [2.24, 2.45) is 0 Å². The Labute approximate surface area is 132 Å². The average molecular weight is 306 g/mol. The van der Waals surface area contributed by atoms with E-state index < -0.39 is 0 Å². The van der Waals surface area contributed by atoms with Crippen molar-refractivity contribution in [2.45, 2.75) is 25.8 Å². The SMILES string of the molecule is COCCOCCC(=O)N1c2ccccc2N(C)CC[C@@H]1C. The van der Waals surface area contributed by atoms with Gasteiger partial charge >= 0.3 is 0 Å². The summed E-state index contributed by atoms with van der Waals surface area (Å²) >= 11 is 0. The Kier molecular flexibility index (Phi) is 6.21. The number of carbonyl (C=O) groups is 1. The second kappa shape index (κ2) is 8.15. The van der Waals surface area contributed by atoms with Crippen molar-refractivity contribution in [3.63, 3.8) is 0 Å². The zero-order valence-electron chi connectivity index (χ0n) is 13.7. The second-order valence-electron chi connectivity index (χ2n) is 5.67. The van der Waals surface area contributed by atoms with E-state index in [1.807, 2.05) is 23.1 Å². The normalized spacial score (nSPS) is 18.0. The lowest BCUT2D eigenvalue weighted by atomic mass is 10.1. The summed E-state index contributed by atoms with van der Waals surface area (Å²) in [5, 5.41) is 0. The molecule has 22 heavy (non-hydrogen) atoms. The van der Waals surface area contributed by atoms with E-state index in [1.165, 1.54) is 0 Å². The van der Waals surface area contributed by atoms with Crippen LogP contribution >= 0.6 is 0 Å². The molecule has 1 amide bonds. The highest BCUT2D eigenvalue weighted by Gasteiger charge is 2.27. The zero-order valence-corrected chi connectivity index (χ0v) is 13.7. The third kappa shape index (κ3) is 3.99. The van der Waals surface area contributed by atoms with E-state index in [9.17, 15) is 4.79 Å². The predicted molar refractivity (Wildman–Crippen MR) is 88.6 cm³/mol. The monoisotopic (exact) mass is 306 g/mol. The smallest absolute Gasteiger partial charge is 0.229 e. The Morgan fingerprint density at radius 2 is 1.95 bits per heavy atom.